The largest absolute Gasteiger partial charge is 0.496 e. The average Bonchev–Trinajstić information content (AvgIpc) is 3.29. The summed E-state index contributed by atoms with van der Waals surface area (Å²) in [5.74, 6) is -0.0914. The van der Waals surface area contributed by atoms with Gasteiger partial charge < -0.3 is 24.7 Å². The van der Waals surface area contributed by atoms with Crippen LogP contribution in [-0.2, 0) is 13.0 Å². The van der Waals surface area contributed by atoms with Gasteiger partial charge in [0.25, 0.3) is 0 Å². The van der Waals surface area contributed by atoms with E-state index in [2.05, 4.69) is 36.5 Å². The Bertz CT molecular complexity index is 1050. The van der Waals surface area contributed by atoms with Crippen LogP contribution in [0.2, 0.25) is 0 Å². The molecule has 0 aliphatic rings. The van der Waals surface area contributed by atoms with Gasteiger partial charge in [-0.25, -0.2) is 0 Å². The standard InChI is InChI=1S/C17H17BrN6O5/c1-10-14(18)15(24(26)27)21-23(10)9-13-20-17(29-22-13)16(25)19-8-7-11-5-3-4-6-12(11)28-2/h3-6H,7-9H2,1-2H3,(H,19,25). The van der Waals surface area contributed by atoms with Gasteiger partial charge in [-0.05, 0) is 45.8 Å². The molecule has 1 amide bonds. The van der Waals surface area contributed by atoms with Crippen molar-refractivity contribution in [1.29, 1.82) is 0 Å². The summed E-state index contributed by atoms with van der Waals surface area (Å²) in [4.78, 5) is 26.6. The van der Waals surface area contributed by atoms with Crippen molar-refractivity contribution in [3.05, 3.63) is 61.8 Å². The summed E-state index contributed by atoms with van der Waals surface area (Å²) in [6, 6.07) is 7.53. The number of nitro groups is 1. The van der Waals surface area contributed by atoms with Gasteiger partial charge in [0.05, 0.1) is 17.9 Å². The highest BCUT2D eigenvalue weighted by atomic mass is 79.9. The molecule has 11 nitrogen and oxygen atoms in total. The highest BCUT2D eigenvalue weighted by Crippen LogP contribution is 2.27. The topological polar surface area (TPSA) is 138 Å². The predicted octanol–water partition coefficient (Wildman–Crippen LogP) is 2.27. The lowest BCUT2D eigenvalue weighted by Gasteiger charge is -2.07. The van der Waals surface area contributed by atoms with Gasteiger partial charge in [-0.1, -0.05) is 23.4 Å². The molecule has 29 heavy (non-hydrogen) atoms. The van der Waals surface area contributed by atoms with E-state index in [0.717, 1.165) is 11.3 Å². The quantitative estimate of drug-likeness (QED) is 0.395. The number of methoxy groups -OCH3 is 1. The molecule has 0 aliphatic carbocycles. The Morgan fingerprint density at radius 2 is 2.17 bits per heavy atom. The summed E-state index contributed by atoms with van der Waals surface area (Å²) < 4.78 is 11.9. The molecule has 1 aromatic carbocycles. The van der Waals surface area contributed by atoms with Gasteiger partial charge in [0.1, 0.15) is 16.8 Å². The Morgan fingerprint density at radius 1 is 1.41 bits per heavy atom. The number of nitrogens with zero attached hydrogens (tertiary/aromatic N) is 5. The molecule has 0 saturated heterocycles. The van der Waals surface area contributed by atoms with Crippen molar-refractivity contribution in [2.45, 2.75) is 19.9 Å². The van der Waals surface area contributed by atoms with E-state index >= 15 is 0 Å². The number of benzene rings is 1. The first-order chi connectivity index (χ1) is 13.9. The van der Waals surface area contributed by atoms with Crippen LogP contribution in [-0.4, -0.2) is 44.4 Å². The Balaban J connectivity index is 1.60. The van der Waals surface area contributed by atoms with Crippen molar-refractivity contribution in [1.82, 2.24) is 25.2 Å². The molecule has 0 atom stereocenters. The van der Waals surface area contributed by atoms with Crippen LogP contribution in [0.1, 0.15) is 27.8 Å². The normalized spacial score (nSPS) is 10.7. The minimum Gasteiger partial charge on any atom is -0.496 e. The number of hydrogen-bond donors (Lipinski definition) is 1. The third-order valence-electron chi connectivity index (χ3n) is 4.12. The van der Waals surface area contributed by atoms with Crippen LogP contribution in [0.5, 0.6) is 5.75 Å². The van der Waals surface area contributed by atoms with Crippen molar-refractivity contribution in [3.8, 4) is 5.75 Å². The number of aromatic nitrogens is 4. The lowest BCUT2D eigenvalue weighted by molar-refractivity contribution is -0.390. The molecule has 152 valence electrons. The highest BCUT2D eigenvalue weighted by Gasteiger charge is 2.25. The average molecular weight is 465 g/mol. The smallest absolute Gasteiger partial charge is 0.404 e. The zero-order chi connectivity index (χ0) is 21.0. The SMILES string of the molecule is COc1ccccc1CCNC(=O)c1nc(Cn2nc([N+](=O)[O-])c(Br)c2C)no1. The fraction of sp³-hybridized carbons (Fsp3) is 0.294. The first-order valence-corrected chi connectivity index (χ1v) is 9.30. The summed E-state index contributed by atoms with van der Waals surface area (Å²) in [6.45, 7) is 2.04. The highest BCUT2D eigenvalue weighted by molar-refractivity contribution is 9.10. The summed E-state index contributed by atoms with van der Waals surface area (Å²) in [7, 11) is 1.59. The molecule has 0 fully saturated rings. The minimum absolute atomic E-state index is 0.0241. The first kappa shape index (κ1) is 20.5. The maximum atomic E-state index is 12.2. The molecule has 0 bridgehead atoms. The number of rotatable bonds is 8. The number of ether oxygens (including phenoxy) is 1. The lowest BCUT2D eigenvalue weighted by Crippen LogP contribution is -2.26. The van der Waals surface area contributed by atoms with E-state index in [1.54, 1.807) is 14.0 Å². The van der Waals surface area contributed by atoms with Crippen LogP contribution in [0.4, 0.5) is 5.82 Å². The van der Waals surface area contributed by atoms with Gasteiger partial charge in [0, 0.05) is 6.54 Å². The van der Waals surface area contributed by atoms with E-state index in [9.17, 15) is 14.9 Å². The molecule has 2 aromatic heterocycles. The Hall–Kier alpha value is -3.28. The molecule has 12 heteroatoms. The zero-order valence-electron chi connectivity index (χ0n) is 15.6. The molecule has 3 aromatic rings. The molecular weight excluding hydrogens is 448 g/mol. The van der Waals surface area contributed by atoms with Crippen molar-refractivity contribution in [2.75, 3.05) is 13.7 Å². The second-order valence-electron chi connectivity index (χ2n) is 5.97. The van der Waals surface area contributed by atoms with E-state index in [0.29, 0.717) is 18.7 Å². The molecule has 2 heterocycles. The fourth-order valence-corrected chi connectivity index (χ4v) is 3.05. The monoisotopic (exact) mass is 464 g/mol. The number of para-hydroxylation sites is 1. The van der Waals surface area contributed by atoms with E-state index in [1.165, 1.54) is 4.68 Å². The zero-order valence-corrected chi connectivity index (χ0v) is 17.2. The maximum Gasteiger partial charge on any atom is 0.404 e. The Morgan fingerprint density at radius 3 is 2.86 bits per heavy atom. The number of carbonyl (C=O) groups is 1. The number of amides is 1. The predicted molar refractivity (Wildman–Crippen MR) is 104 cm³/mol. The lowest BCUT2D eigenvalue weighted by atomic mass is 10.1. The van der Waals surface area contributed by atoms with Crippen molar-refractivity contribution < 1.29 is 19.0 Å². The molecule has 3 rings (SSSR count). The van der Waals surface area contributed by atoms with E-state index in [1.807, 2.05) is 24.3 Å². The molecule has 0 spiro atoms. The summed E-state index contributed by atoms with van der Waals surface area (Å²) in [6.07, 6.45) is 0.570. The van der Waals surface area contributed by atoms with Crippen LogP contribution < -0.4 is 10.1 Å². The van der Waals surface area contributed by atoms with Gasteiger partial charge in [-0.15, -0.1) is 0 Å². The molecule has 1 N–H and O–H groups in total. The number of nitrogens with one attached hydrogen (secondary N) is 1. The van der Waals surface area contributed by atoms with E-state index < -0.39 is 10.8 Å². The van der Waals surface area contributed by atoms with E-state index in [-0.39, 0.29) is 28.6 Å². The van der Waals surface area contributed by atoms with Crippen LogP contribution in [0.25, 0.3) is 0 Å². The molecule has 0 aliphatic heterocycles. The summed E-state index contributed by atoms with van der Waals surface area (Å²) in [5.41, 5.74) is 1.49. The van der Waals surface area contributed by atoms with Crippen LogP contribution in [0.3, 0.4) is 0 Å². The van der Waals surface area contributed by atoms with Crippen LogP contribution in [0, 0.1) is 17.0 Å². The van der Waals surface area contributed by atoms with E-state index in [4.69, 9.17) is 9.26 Å². The maximum absolute atomic E-state index is 12.2. The summed E-state index contributed by atoms with van der Waals surface area (Å²) in [5, 5.41) is 21.3. The van der Waals surface area contributed by atoms with Crippen molar-refractivity contribution >= 4 is 27.7 Å². The second-order valence-corrected chi connectivity index (χ2v) is 6.76. The minimum atomic E-state index is -0.593. The Labute approximate surface area is 173 Å². The van der Waals surface area contributed by atoms with Gasteiger partial charge in [-0.3, -0.25) is 4.79 Å². The van der Waals surface area contributed by atoms with Gasteiger partial charge >= 0.3 is 17.6 Å². The van der Waals surface area contributed by atoms with Gasteiger partial charge in [0.15, 0.2) is 5.82 Å². The molecule has 0 radical (unpaired) electrons. The van der Waals surface area contributed by atoms with Gasteiger partial charge in [0.2, 0.25) is 0 Å². The Kier molecular flexibility index (Phi) is 6.22. The van der Waals surface area contributed by atoms with Crippen LogP contribution >= 0.6 is 15.9 Å². The van der Waals surface area contributed by atoms with Crippen LogP contribution in [0.15, 0.2) is 33.3 Å². The first-order valence-electron chi connectivity index (χ1n) is 8.50. The molecular formula is C17H17BrN6O5. The third-order valence-corrected chi connectivity index (χ3v) is 5.04. The van der Waals surface area contributed by atoms with Crippen molar-refractivity contribution in [2.24, 2.45) is 0 Å². The fourth-order valence-electron chi connectivity index (χ4n) is 2.62. The number of halogens is 1. The summed E-state index contributed by atoms with van der Waals surface area (Å²) >= 11 is 3.14. The second kappa shape index (κ2) is 8.82. The third kappa shape index (κ3) is 4.59. The number of carbonyl (C=O) groups excluding carboxylic acids is 1. The van der Waals surface area contributed by atoms with Gasteiger partial charge in [-0.2, -0.15) is 9.67 Å². The number of hydrogen-bond acceptors (Lipinski definition) is 8. The molecule has 0 saturated carbocycles. The molecule has 0 unspecified atom stereocenters. The van der Waals surface area contributed by atoms with Crippen molar-refractivity contribution in [3.63, 3.8) is 0 Å².